The van der Waals surface area contributed by atoms with E-state index in [0.717, 1.165) is 18.2 Å². The van der Waals surface area contributed by atoms with Gasteiger partial charge in [0, 0.05) is 11.9 Å². The number of aliphatic hydroxyl groups excluding tert-OH is 1. The zero-order valence-corrected chi connectivity index (χ0v) is 19.2. The maximum atomic E-state index is 14.2. The molecule has 35 heavy (non-hydrogen) atoms. The van der Waals surface area contributed by atoms with Gasteiger partial charge in [-0.05, 0) is 62.2 Å². The van der Waals surface area contributed by atoms with Crippen molar-refractivity contribution in [1.82, 2.24) is 10.6 Å². The van der Waals surface area contributed by atoms with Crippen LogP contribution in [0, 0.1) is 5.82 Å². The van der Waals surface area contributed by atoms with Crippen molar-refractivity contribution in [3.63, 3.8) is 0 Å². The molecule has 1 heterocycles. The number of alkyl halides is 3. The maximum Gasteiger partial charge on any atom is 0.420 e. The fraction of sp³-hybridized carbons (Fsp3) is 0.333. The van der Waals surface area contributed by atoms with Gasteiger partial charge in [-0.3, -0.25) is 4.79 Å². The van der Waals surface area contributed by atoms with E-state index in [2.05, 4.69) is 10.6 Å². The molecule has 11 heteroatoms. The predicted octanol–water partition coefficient (Wildman–Crippen LogP) is 5.00. The van der Waals surface area contributed by atoms with Gasteiger partial charge in [-0.2, -0.15) is 13.2 Å². The molecule has 0 radical (unpaired) electrons. The number of ether oxygens (including phenoxy) is 1. The van der Waals surface area contributed by atoms with Crippen LogP contribution in [0.15, 0.2) is 40.8 Å². The lowest BCUT2D eigenvalue weighted by Gasteiger charge is -2.19. The summed E-state index contributed by atoms with van der Waals surface area (Å²) < 4.78 is 66.2. The van der Waals surface area contributed by atoms with Gasteiger partial charge >= 0.3 is 12.3 Å². The largest absolute Gasteiger partial charge is 0.459 e. The van der Waals surface area contributed by atoms with Crippen LogP contribution in [0.5, 0.6) is 0 Å². The summed E-state index contributed by atoms with van der Waals surface area (Å²) in [6.45, 7) is 4.33. The van der Waals surface area contributed by atoms with Crippen LogP contribution in [0.25, 0.3) is 22.1 Å². The highest BCUT2D eigenvalue weighted by Gasteiger charge is 2.35. The van der Waals surface area contributed by atoms with Crippen LogP contribution in [0.3, 0.4) is 0 Å². The van der Waals surface area contributed by atoms with E-state index in [9.17, 15) is 27.2 Å². The number of rotatable bonds is 6. The Kier molecular flexibility index (Phi) is 7.39. The number of fused-ring (bicyclic) bond motifs is 1. The van der Waals surface area contributed by atoms with Gasteiger partial charge in [-0.1, -0.05) is 6.07 Å². The molecule has 3 rings (SSSR count). The van der Waals surface area contributed by atoms with Crippen molar-refractivity contribution in [3.8, 4) is 11.1 Å². The Bertz CT molecular complexity index is 1250. The van der Waals surface area contributed by atoms with Gasteiger partial charge in [-0.25, -0.2) is 9.18 Å². The Balaban J connectivity index is 1.99. The first-order valence-corrected chi connectivity index (χ1v) is 10.6. The maximum absolute atomic E-state index is 14.2. The molecule has 0 saturated carbocycles. The zero-order valence-electron chi connectivity index (χ0n) is 19.2. The fourth-order valence-corrected chi connectivity index (χ4v) is 3.29. The molecule has 188 valence electrons. The summed E-state index contributed by atoms with van der Waals surface area (Å²) in [5, 5.41) is 13.7. The number of hydrogen-bond donors (Lipinski definition) is 3. The molecule has 0 unspecified atom stereocenters. The standard InChI is InChI=1S/C24H24F4N2O5/c1-23(2,3)35-22(33)30-12-16-9-15-8-14(11-18(20(15)34-16)24(26,27)28)13-4-5-19(25)17(10-13)21(32)29-6-7-31/h4-5,8-11,31H,6-7,12H2,1-3H3,(H,29,32)(H,30,33). The number of carbonyl (C=O) groups is 2. The number of aliphatic hydroxyl groups is 1. The molecule has 3 aromatic rings. The molecule has 0 aliphatic carbocycles. The minimum Gasteiger partial charge on any atom is -0.459 e. The van der Waals surface area contributed by atoms with Gasteiger partial charge in [0.2, 0.25) is 0 Å². The van der Waals surface area contributed by atoms with E-state index in [-0.39, 0.29) is 47.5 Å². The molecule has 0 spiro atoms. The Morgan fingerprint density at radius 3 is 2.37 bits per heavy atom. The summed E-state index contributed by atoms with van der Waals surface area (Å²) in [5.74, 6) is -1.61. The molecule has 0 fully saturated rings. The molecule has 7 nitrogen and oxygen atoms in total. The number of benzene rings is 2. The molecule has 0 saturated heterocycles. The lowest BCUT2D eigenvalue weighted by atomic mass is 9.98. The molecular formula is C24H24F4N2O5. The van der Waals surface area contributed by atoms with E-state index in [1.165, 1.54) is 18.2 Å². The van der Waals surface area contributed by atoms with Gasteiger partial charge in [0.05, 0.1) is 24.3 Å². The van der Waals surface area contributed by atoms with E-state index >= 15 is 0 Å². The number of halogens is 4. The molecule has 1 aromatic heterocycles. The summed E-state index contributed by atoms with van der Waals surface area (Å²) in [6, 6.07) is 6.97. The van der Waals surface area contributed by atoms with Gasteiger partial charge in [0.25, 0.3) is 5.91 Å². The molecule has 2 amide bonds. The van der Waals surface area contributed by atoms with Crippen molar-refractivity contribution in [2.45, 2.75) is 39.1 Å². The van der Waals surface area contributed by atoms with Gasteiger partial charge in [-0.15, -0.1) is 0 Å². The predicted molar refractivity (Wildman–Crippen MR) is 119 cm³/mol. The van der Waals surface area contributed by atoms with Crippen LogP contribution in [-0.4, -0.2) is 35.9 Å². The Labute approximate surface area is 198 Å². The molecule has 0 atom stereocenters. The monoisotopic (exact) mass is 496 g/mol. The van der Waals surface area contributed by atoms with Crippen LogP contribution >= 0.6 is 0 Å². The number of nitrogens with one attached hydrogen (secondary N) is 2. The van der Waals surface area contributed by atoms with Crippen LogP contribution < -0.4 is 10.6 Å². The Morgan fingerprint density at radius 2 is 1.74 bits per heavy atom. The molecule has 0 aliphatic heterocycles. The second kappa shape index (κ2) is 9.95. The average molecular weight is 496 g/mol. The van der Waals surface area contributed by atoms with E-state index < -0.39 is 40.7 Å². The number of hydrogen-bond acceptors (Lipinski definition) is 5. The van der Waals surface area contributed by atoms with E-state index in [0.29, 0.717) is 0 Å². The van der Waals surface area contributed by atoms with E-state index in [4.69, 9.17) is 14.3 Å². The zero-order chi connectivity index (χ0) is 26.0. The summed E-state index contributed by atoms with van der Waals surface area (Å²) in [4.78, 5) is 24.0. The summed E-state index contributed by atoms with van der Waals surface area (Å²) in [5.41, 5.74) is -2.37. The Hall–Kier alpha value is -3.60. The minimum absolute atomic E-state index is 0.0664. The third-order valence-electron chi connectivity index (χ3n) is 4.72. The molecule has 2 aromatic carbocycles. The normalized spacial score (nSPS) is 12.0. The summed E-state index contributed by atoms with van der Waals surface area (Å²) in [7, 11) is 0. The lowest BCUT2D eigenvalue weighted by molar-refractivity contribution is -0.136. The third-order valence-corrected chi connectivity index (χ3v) is 4.72. The number of alkyl carbamates (subject to hydrolysis) is 1. The first kappa shape index (κ1) is 26.0. The molecule has 0 bridgehead atoms. The average Bonchev–Trinajstić information content (AvgIpc) is 3.16. The summed E-state index contributed by atoms with van der Waals surface area (Å²) >= 11 is 0. The number of furan rings is 1. The van der Waals surface area contributed by atoms with Crippen LogP contribution in [0.2, 0.25) is 0 Å². The number of carbonyl (C=O) groups excluding carboxylic acids is 2. The van der Waals surface area contributed by atoms with Gasteiger partial charge < -0.3 is 24.9 Å². The lowest BCUT2D eigenvalue weighted by Crippen LogP contribution is -2.32. The first-order chi connectivity index (χ1) is 16.3. The van der Waals surface area contributed by atoms with Crippen LogP contribution in [-0.2, 0) is 17.5 Å². The molecule has 0 aliphatic rings. The van der Waals surface area contributed by atoms with Crippen LogP contribution in [0.1, 0.15) is 42.5 Å². The highest BCUT2D eigenvalue weighted by atomic mass is 19.4. The second-order valence-electron chi connectivity index (χ2n) is 8.68. The van der Waals surface area contributed by atoms with Gasteiger partial charge in [0.15, 0.2) is 0 Å². The molecule has 3 N–H and O–H groups in total. The van der Waals surface area contributed by atoms with Crippen molar-refractivity contribution in [1.29, 1.82) is 0 Å². The number of amides is 2. The van der Waals surface area contributed by atoms with Gasteiger partial charge in [0.1, 0.15) is 22.8 Å². The molecular weight excluding hydrogens is 472 g/mol. The first-order valence-electron chi connectivity index (χ1n) is 10.6. The van der Waals surface area contributed by atoms with E-state index in [1.54, 1.807) is 20.8 Å². The highest BCUT2D eigenvalue weighted by molar-refractivity contribution is 5.96. The van der Waals surface area contributed by atoms with E-state index in [1.807, 2.05) is 0 Å². The van der Waals surface area contributed by atoms with Crippen molar-refractivity contribution >= 4 is 23.0 Å². The quantitative estimate of drug-likeness (QED) is 0.417. The van der Waals surface area contributed by atoms with Crippen molar-refractivity contribution in [2.24, 2.45) is 0 Å². The summed E-state index contributed by atoms with van der Waals surface area (Å²) in [6.07, 6.45) is -5.53. The topological polar surface area (TPSA) is 101 Å². The Morgan fingerprint density at radius 1 is 1.03 bits per heavy atom. The smallest absolute Gasteiger partial charge is 0.420 e. The third kappa shape index (κ3) is 6.50. The van der Waals surface area contributed by atoms with Crippen LogP contribution in [0.4, 0.5) is 22.4 Å². The van der Waals surface area contributed by atoms with Crippen molar-refractivity contribution in [3.05, 3.63) is 59.1 Å². The SMILES string of the molecule is CC(C)(C)OC(=O)NCc1cc2cc(-c3ccc(F)c(C(=O)NCCO)c3)cc(C(F)(F)F)c2o1. The highest BCUT2D eigenvalue weighted by Crippen LogP contribution is 2.39. The van der Waals surface area contributed by atoms with Crippen molar-refractivity contribution in [2.75, 3.05) is 13.2 Å². The van der Waals surface area contributed by atoms with Crippen molar-refractivity contribution < 1.29 is 41.4 Å². The fourth-order valence-electron chi connectivity index (χ4n) is 3.29. The second-order valence-corrected chi connectivity index (χ2v) is 8.68. The minimum atomic E-state index is -4.77.